The number of para-hydroxylation sites is 2. The molecule has 2 aromatic carbocycles. The fourth-order valence-corrected chi connectivity index (χ4v) is 4.94. The zero-order valence-corrected chi connectivity index (χ0v) is 20.5. The van der Waals surface area contributed by atoms with Crippen LogP contribution in [0.2, 0.25) is 0 Å². The predicted octanol–water partition coefficient (Wildman–Crippen LogP) is 4.07. The first-order valence-electron chi connectivity index (χ1n) is 12.4. The maximum absolute atomic E-state index is 14.0. The molecule has 3 amide bonds. The molecule has 0 saturated heterocycles. The van der Waals surface area contributed by atoms with Gasteiger partial charge in [-0.2, -0.15) is 0 Å². The Morgan fingerprint density at radius 1 is 1.14 bits per heavy atom. The molecular weight excluding hydrogens is 456 g/mol. The fourth-order valence-electron chi connectivity index (χ4n) is 4.94. The number of amides is 3. The second-order valence-electron chi connectivity index (χ2n) is 9.71. The number of likely N-dealkylation sites (N-methyl/N-ethyl adjacent to an activating group) is 1. The standard InChI is InChI=1S/C28H30N4O4/c1-17(31(2)28(35)36)26(33)30-24-14-13-19-7-3-6-10-25(19)32(27(24)34)16-22-20-8-4-5-9-23(20)29-15-21(22)18-11-12-18/h3-10,15,17-18,24H,11-14,16H2,1-2H3,(H,30,33)(H,35,36)/t17-,24-/m0/s1. The third-order valence-electron chi connectivity index (χ3n) is 7.38. The molecule has 1 fully saturated rings. The minimum absolute atomic E-state index is 0.193. The van der Waals surface area contributed by atoms with Gasteiger partial charge in [0.05, 0.1) is 12.1 Å². The van der Waals surface area contributed by atoms with Gasteiger partial charge in [-0.15, -0.1) is 0 Å². The normalized spacial score (nSPS) is 18.3. The van der Waals surface area contributed by atoms with Crippen LogP contribution in [0, 0.1) is 0 Å². The van der Waals surface area contributed by atoms with E-state index >= 15 is 0 Å². The van der Waals surface area contributed by atoms with Gasteiger partial charge in [-0.1, -0.05) is 36.4 Å². The van der Waals surface area contributed by atoms with Gasteiger partial charge in [0.1, 0.15) is 12.1 Å². The van der Waals surface area contributed by atoms with Gasteiger partial charge in [-0.3, -0.25) is 19.5 Å². The number of anilines is 1. The van der Waals surface area contributed by atoms with Crippen molar-refractivity contribution in [2.24, 2.45) is 0 Å². The summed E-state index contributed by atoms with van der Waals surface area (Å²) >= 11 is 0. The molecule has 8 heteroatoms. The summed E-state index contributed by atoms with van der Waals surface area (Å²) in [5, 5.41) is 13.1. The topological polar surface area (TPSA) is 103 Å². The first kappa shape index (κ1) is 23.8. The summed E-state index contributed by atoms with van der Waals surface area (Å²) in [5.74, 6) is -0.226. The van der Waals surface area contributed by atoms with Gasteiger partial charge < -0.3 is 15.3 Å². The van der Waals surface area contributed by atoms with E-state index in [1.54, 1.807) is 4.90 Å². The lowest BCUT2D eigenvalue weighted by molar-refractivity contribution is -0.130. The second kappa shape index (κ2) is 9.60. The molecule has 5 rings (SSSR count). The van der Waals surface area contributed by atoms with Crippen molar-refractivity contribution in [2.45, 2.75) is 57.2 Å². The quantitative estimate of drug-likeness (QED) is 0.547. The van der Waals surface area contributed by atoms with Crippen LogP contribution in [0.25, 0.3) is 10.9 Å². The van der Waals surface area contributed by atoms with Crippen LogP contribution in [0.1, 0.15) is 48.8 Å². The van der Waals surface area contributed by atoms with E-state index in [0.717, 1.165) is 45.5 Å². The molecule has 36 heavy (non-hydrogen) atoms. The molecule has 2 atom stereocenters. The lowest BCUT2D eigenvalue weighted by atomic mass is 9.99. The smallest absolute Gasteiger partial charge is 0.407 e. The molecule has 0 spiro atoms. The van der Waals surface area contributed by atoms with E-state index in [2.05, 4.69) is 16.4 Å². The van der Waals surface area contributed by atoms with Crippen LogP contribution in [-0.2, 0) is 22.6 Å². The van der Waals surface area contributed by atoms with Crippen molar-refractivity contribution in [1.82, 2.24) is 15.2 Å². The lowest BCUT2D eigenvalue weighted by Gasteiger charge is -2.29. The SMILES string of the molecule is C[C@@H](C(=O)N[C@H]1CCc2ccccc2N(Cc2c(C3CC3)cnc3ccccc23)C1=O)N(C)C(=O)O. The van der Waals surface area contributed by atoms with E-state index in [-0.39, 0.29) is 5.91 Å². The number of pyridine rings is 1. The monoisotopic (exact) mass is 486 g/mol. The number of hydrogen-bond acceptors (Lipinski definition) is 4. The highest BCUT2D eigenvalue weighted by Gasteiger charge is 2.35. The van der Waals surface area contributed by atoms with Crippen LogP contribution in [0.15, 0.2) is 54.7 Å². The number of rotatable bonds is 6. The molecule has 3 aromatic rings. The van der Waals surface area contributed by atoms with Crippen molar-refractivity contribution in [1.29, 1.82) is 0 Å². The minimum Gasteiger partial charge on any atom is -0.465 e. The summed E-state index contributed by atoms with van der Waals surface area (Å²) in [6.45, 7) is 1.89. The zero-order chi connectivity index (χ0) is 25.4. The summed E-state index contributed by atoms with van der Waals surface area (Å²) in [6, 6.07) is 14.2. The Balaban J connectivity index is 1.51. The Kier molecular flexibility index (Phi) is 6.35. The molecule has 2 N–H and O–H groups in total. The highest BCUT2D eigenvalue weighted by atomic mass is 16.4. The number of carbonyl (C=O) groups excluding carboxylic acids is 2. The van der Waals surface area contributed by atoms with E-state index in [1.807, 2.05) is 48.7 Å². The van der Waals surface area contributed by atoms with Crippen LogP contribution in [0.5, 0.6) is 0 Å². The van der Waals surface area contributed by atoms with Crippen LogP contribution in [-0.4, -0.2) is 52.0 Å². The molecule has 0 bridgehead atoms. The first-order valence-corrected chi connectivity index (χ1v) is 12.4. The largest absolute Gasteiger partial charge is 0.465 e. The predicted molar refractivity (Wildman–Crippen MR) is 137 cm³/mol. The summed E-state index contributed by atoms with van der Waals surface area (Å²) in [6.07, 6.45) is 4.05. The van der Waals surface area contributed by atoms with Crippen LogP contribution >= 0.6 is 0 Å². The highest BCUT2D eigenvalue weighted by Crippen LogP contribution is 2.43. The molecule has 2 aliphatic rings. The molecular formula is C28H30N4O4. The van der Waals surface area contributed by atoms with Gasteiger partial charge in [0.15, 0.2) is 0 Å². The maximum Gasteiger partial charge on any atom is 0.407 e. The van der Waals surface area contributed by atoms with E-state index in [4.69, 9.17) is 0 Å². The molecule has 0 unspecified atom stereocenters. The summed E-state index contributed by atoms with van der Waals surface area (Å²) < 4.78 is 0. The Hall–Kier alpha value is -3.94. The molecule has 186 valence electrons. The van der Waals surface area contributed by atoms with Crippen molar-refractivity contribution < 1.29 is 19.5 Å². The minimum atomic E-state index is -1.20. The Morgan fingerprint density at radius 2 is 1.86 bits per heavy atom. The molecule has 1 aliphatic heterocycles. The summed E-state index contributed by atoms with van der Waals surface area (Å²) in [7, 11) is 1.34. The maximum atomic E-state index is 14.0. The number of nitrogens with one attached hydrogen (secondary N) is 1. The second-order valence-corrected chi connectivity index (χ2v) is 9.71. The van der Waals surface area contributed by atoms with Gasteiger partial charge in [0.2, 0.25) is 11.8 Å². The third-order valence-corrected chi connectivity index (χ3v) is 7.38. The fraction of sp³-hybridized carbons (Fsp3) is 0.357. The van der Waals surface area contributed by atoms with Crippen LogP contribution in [0.4, 0.5) is 10.5 Å². The van der Waals surface area contributed by atoms with Gasteiger partial charge in [-0.05, 0) is 67.3 Å². The Labute approximate surface area is 209 Å². The number of benzene rings is 2. The zero-order valence-electron chi connectivity index (χ0n) is 20.5. The molecule has 8 nitrogen and oxygen atoms in total. The number of carbonyl (C=O) groups is 3. The molecule has 2 heterocycles. The average Bonchev–Trinajstić information content (AvgIpc) is 3.74. The lowest BCUT2D eigenvalue weighted by Crippen LogP contribution is -2.53. The van der Waals surface area contributed by atoms with Gasteiger partial charge in [0, 0.05) is 24.3 Å². The number of hydrogen-bond donors (Lipinski definition) is 2. The third kappa shape index (κ3) is 4.51. The van der Waals surface area contributed by atoms with E-state index < -0.39 is 24.1 Å². The summed E-state index contributed by atoms with van der Waals surface area (Å²) in [5.41, 5.74) is 5.06. The average molecular weight is 487 g/mol. The highest BCUT2D eigenvalue weighted by molar-refractivity contribution is 6.01. The molecule has 1 aromatic heterocycles. The van der Waals surface area contributed by atoms with Gasteiger partial charge in [-0.25, -0.2) is 4.79 Å². The van der Waals surface area contributed by atoms with Crippen LogP contribution < -0.4 is 10.2 Å². The van der Waals surface area contributed by atoms with E-state index in [9.17, 15) is 19.5 Å². The Morgan fingerprint density at radius 3 is 2.61 bits per heavy atom. The van der Waals surface area contributed by atoms with Crippen molar-refractivity contribution in [3.8, 4) is 0 Å². The number of fused-ring (bicyclic) bond motifs is 2. The van der Waals surface area contributed by atoms with E-state index in [1.165, 1.54) is 19.5 Å². The number of aromatic nitrogens is 1. The van der Waals surface area contributed by atoms with E-state index in [0.29, 0.717) is 25.3 Å². The first-order chi connectivity index (χ1) is 17.3. The molecule has 1 aliphatic carbocycles. The summed E-state index contributed by atoms with van der Waals surface area (Å²) in [4.78, 5) is 45.6. The number of aryl methyl sites for hydroxylation is 1. The van der Waals surface area contributed by atoms with Crippen LogP contribution in [0.3, 0.4) is 0 Å². The molecule has 1 saturated carbocycles. The van der Waals surface area contributed by atoms with Gasteiger partial charge >= 0.3 is 6.09 Å². The van der Waals surface area contributed by atoms with Crippen molar-refractivity contribution in [3.05, 3.63) is 71.4 Å². The van der Waals surface area contributed by atoms with Crippen molar-refractivity contribution >= 4 is 34.5 Å². The Bertz CT molecular complexity index is 1340. The van der Waals surface area contributed by atoms with Gasteiger partial charge in [0.25, 0.3) is 0 Å². The number of carboxylic acid groups (broad SMARTS) is 1. The van der Waals surface area contributed by atoms with Crippen molar-refractivity contribution in [3.63, 3.8) is 0 Å². The number of nitrogens with zero attached hydrogens (tertiary/aromatic N) is 3. The molecule has 0 radical (unpaired) electrons. The van der Waals surface area contributed by atoms with Crippen molar-refractivity contribution in [2.75, 3.05) is 11.9 Å².